The highest BCUT2D eigenvalue weighted by Gasteiger charge is 2.29. The Morgan fingerprint density at radius 2 is 1.63 bits per heavy atom. The number of carbonyl (C=O) groups is 2. The van der Waals surface area contributed by atoms with Gasteiger partial charge in [-0.25, -0.2) is 0 Å². The van der Waals surface area contributed by atoms with Crippen LogP contribution in [0.1, 0.15) is 29.5 Å². The van der Waals surface area contributed by atoms with Crippen molar-refractivity contribution in [2.24, 2.45) is 5.92 Å². The third kappa shape index (κ3) is 4.82. The fourth-order valence-corrected chi connectivity index (χ4v) is 4.27. The average Bonchev–Trinajstić information content (AvgIpc) is 3.20. The summed E-state index contributed by atoms with van der Waals surface area (Å²) in [5.74, 6) is 1.02. The highest BCUT2D eigenvalue weighted by Crippen LogP contribution is 2.23. The molecule has 1 saturated heterocycles. The van der Waals surface area contributed by atoms with Crippen molar-refractivity contribution in [3.8, 4) is 5.75 Å². The maximum absolute atomic E-state index is 12.7. The van der Waals surface area contributed by atoms with Crippen LogP contribution in [0.3, 0.4) is 0 Å². The summed E-state index contributed by atoms with van der Waals surface area (Å²) >= 11 is 0. The van der Waals surface area contributed by atoms with Crippen LogP contribution in [-0.4, -0.2) is 48.4 Å². The minimum Gasteiger partial charge on any atom is -0.497 e. The fourth-order valence-electron chi connectivity index (χ4n) is 4.27. The number of nitrogens with one attached hydrogen (secondary N) is 1. The summed E-state index contributed by atoms with van der Waals surface area (Å²) in [6.07, 6.45) is 1.45. The van der Waals surface area contributed by atoms with Crippen molar-refractivity contribution in [3.05, 3.63) is 65.2 Å². The van der Waals surface area contributed by atoms with Crippen molar-refractivity contribution in [2.45, 2.75) is 32.5 Å². The molecule has 0 radical (unpaired) electrons. The molecule has 2 aromatic rings. The Hall–Kier alpha value is -2.86. The van der Waals surface area contributed by atoms with E-state index < -0.39 is 0 Å². The summed E-state index contributed by atoms with van der Waals surface area (Å²) < 4.78 is 5.15. The Morgan fingerprint density at radius 1 is 1.00 bits per heavy atom. The van der Waals surface area contributed by atoms with Crippen LogP contribution in [0.25, 0.3) is 0 Å². The van der Waals surface area contributed by atoms with E-state index >= 15 is 0 Å². The lowest BCUT2D eigenvalue weighted by molar-refractivity contribution is -0.136. The van der Waals surface area contributed by atoms with E-state index in [1.165, 1.54) is 11.1 Å². The van der Waals surface area contributed by atoms with Crippen LogP contribution in [0, 0.1) is 5.92 Å². The molecule has 2 aliphatic heterocycles. The van der Waals surface area contributed by atoms with Gasteiger partial charge in [-0.05, 0) is 41.7 Å². The highest BCUT2D eigenvalue weighted by molar-refractivity contribution is 5.81. The molecule has 0 aliphatic carbocycles. The Morgan fingerprint density at radius 3 is 2.23 bits per heavy atom. The van der Waals surface area contributed by atoms with Gasteiger partial charge in [0.15, 0.2) is 0 Å². The normalized spacial score (nSPS) is 16.9. The van der Waals surface area contributed by atoms with E-state index in [9.17, 15) is 9.59 Å². The molecule has 1 N–H and O–H groups in total. The number of hydrogen-bond donors (Lipinski definition) is 1. The van der Waals surface area contributed by atoms with Gasteiger partial charge in [-0.1, -0.05) is 36.4 Å². The molecule has 0 aromatic heterocycles. The van der Waals surface area contributed by atoms with Crippen molar-refractivity contribution in [1.29, 1.82) is 0 Å². The summed E-state index contributed by atoms with van der Waals surface area (Å²) in [4.78, 5) is 29.4. The van der Waals surface area contributed by atoms with Crippen LogP contribution in [0.4, 0.5) is 0 Å². The molecule has 6 nitrogen and oxygen atoms in total. The van der Waals surface area contributed by atoms with Gasteiger partial charge < -0.3 is 15.0 Å². The third-order valence-electron chi connectivity index (χ3n) is 6.11. The number of hydrogen-bond acceptors (Lipinski definition) is 4. The summed E-state index contributed by atoms with van der Waals surface area (Å²) in [6.45, 7) is 3.94. The molecule has 2 heterocycles. The maximum Gasteiger partial charge on any atom is 0.236 e. The number of rotatable bonds is 6. The Bertz CT molecular complexity index is 864. The van der Waals surface area contributed by atoms with Gasteiger partial charge in [-0.15, -0.1) is 0 Å². The van der Waals surface area contributed by atoms with Crippen LogP contribution >= 0.6 is 0 Å². The van der Waals surface area contributed by atoms with E-state index in [0.29, 0.717) is 26.2 Å². The van der Waals surface area contributed by atoms with Crippen LogP contribution in [-0.2, 0) is 29.2 Å². The maximum atomic E-state index is 12.7. The second-order valence-electron chi connectivity index (χ2n) is 8.13. The van der Waals surface area contributed by atoms with Crippen molar-refractivity contribution in [2.75, 3.05) is 26.7 Å². The number of nitrogens with zero attached hydrogens (tertiary/aromatic N) is 2. The van der Waals surface area contributed by atoms with Crippen LogP contribution in [0.2, 0.25) is 0 Å². The molecule has 2 amide bonds. The predicted molar refractivity (Wildman–Crippen MR) is 115 cm³/mol. The number of piperidine rings is 1. The molecular weight excluding hydrogens is 378 g/mol. The first kappa shape index (κ1) is 20.4. The monoisotopic (exact) mass is 407 g/mol. The van der Waals surface area contributed by atoms with Gasteiger partial charge in [0.2, 0.25) is 11.8 Å². The first-order chi connectivity index (χ1) is 14.6. The molecule has 0 saturated carbocycles. The lowest BCUT2D eigenvalue weighted by Crippen LogP contribution is -2.45. The van der Waals surface area contributed by atoms with E-state index in [1.54, 1.807) is 7.11 Å². The van der Waals surface area contributed by atoms with Crippen LogP contribution in [0.5, 0.6) is 5.75 Å². The first-order valence-electron chi connectivity index (χ1n) is 10.6. The molecule has 30 heavy (non-hydrogen) atoms. The van der Waals surface area contributed by atoms with E-state index in [-0.39, 0.29) is 17.7 Å². The number of methoxy groups -OCH3 is 1. The summed E-state index contributed by atoms with van der Waals surface area (Å²) in [7, 11) is 1.64. The zero-order valence-corrected chi connectivity index (χ0v) is 17.5. The van der Waals surface area contributed by atoms with Gasteiger partial charge >= 0.3 is 0 Å². The van der Waals surface area contributed by atoms with Crippen molar-refractivity contribution in [1.82, 2.24) is 15.1 Å². The lowest BCUT2D eigenvalue weighted by Gasteiger charge is -2.32. The molecule has 0 atom stereocenters. The molecule has 6 heteroatoms. The zero-order chi connectivity index (χ0) is 20.9. The summed E-state index contributed by atoms with van der Waals surface area (Å²) in [6, 6.07) is 16.1. The van der Waals surface area contributed by atoms with Crippen LogP contribution < -0.4 is 10.1 Å². The number of benzene rings is 2. The van der Waals surface area contributed by atoms with Gasteiger partial charge in [0.05, 0.1) is 13.7 Å². The fraction of sp³-hybridized carbons (Fsp3) is 0.417. The largest absolute Gasteiger partial charge is 0.497 e. The molecule has 158 valence electrons. The SMILES string of the molecule is COc1ccc(CNC(=O)C2CCN(C(=O)CN3Cc4ccccc4C3)CC2)cc1. The molecular formula is C24H29N3O3. The van der Waals surface area contributed by atoms with Gasteiger partial charge in [0.25, 0.3) is 0 Å². The molecule has 2 aromatic carbocycles. The molecule has 4 rings (SSSR count). The van der Waals surface area contributed by atoms with E-state index in [1.807, 2.05) is 29.2 Å². The smallest absolute Gasteiger partial charge is 0.236 e. The Kier molecular flexibility index (Phi) is 6.33. The van der Waals surface area contributed by atoms with Gasteiger partial charge in [0, 0.05) is 38.6 Å². The van der Waals surface area contributed by atoms with Crippen molar-refractivity contribution < 1.29 is 14.3 Å². The number of fused-ring (bicyclic) bond motifs is 1. The molecule has 0 bridgehead atoms. The minimum absolute atomic E-state index is 0.0247. The van der Waals surface area contributed by atoms with Gasteiger partial charge in [0.1, 0.15) is 5.75 Å². The lowest BCUT2D eigenvalue weighted by atomic mass is 9.95. The Labute approximate surface area is 177 Å². The van der Waals surface area contributed by atoms with Gasteiger partial charge in [-0.3, -0.25) is 14.5 Å². The second-order valence-corrected chi connectivity index (χ2v) is 8.13. The molecule has 2 aliphatic rings. The van der Waals surface area contributed by atoms with E-state index in [2.05, 4.69) is 34.5 Å². The molecule has 0 spiro atoms. The van der Waals surface area contributed by atoms with Crippen molar-refractivity contribution in [3.63, 3.8) is 0 Å². The second kappa shape index (κ2) is 9.30. The number of ether oxygens (including phenoxy) is 1. The Balaban J connectivity index is 1.19. The number of amides is 2. The first-order valence-corrected chi connectivity index (χ1v) is 10.6. The topological polar surface area (TPSA) is 61.9 Å². The predicted octanol–water partition coefficient (Wildman–Crippen LogP) is 2.57. The third-order valence-corrected chi connectivity index (χ3v) is 6.11. The number of likely N-dealkylation sites (tertiary alicyclic amines) is 1. The highest BCUT2D eigenvalue weighted by atomic mass is 16.5. The molecule has 0 unspecified atom stereocenters. The minimum atomic E-state index is -0.0247. The van der Waals surface area contributed by atoms with Gasteiger partial charge in [-0.2, -0.15) is 0 Å². The summed E-state index contributed by atoms with van der Waals surface area (Å²) in [5.41, 5.74) is 3.68. The summed E-state index contributed by atoms with van der Waals surface area (Å²) in [5, 5.41) is 3.03. The number of carbonyl (C=O) groups excluding carboxylic acids is 2. The van der Waals surface area contributed by atoms with Crippen molar-refractivity contribution >= 4 is 11.8 Å². The quantitative estimate of drug-likeness (QED) is 0.800. The standard InChI is InChI=1S/C24H29N3O3/c1-30-22-8-6-18(7-9-22)14-25-24(29)19-10-12-27(13-11-19)23(28)17-26-15-20-4-2-3-5-21(20)16-26/h2-9,19H,10-17H2,1H3,(H,25,29). The molecule has 1 fully saturated rings. The van der Waals surface area contributed by atoms with Crippen LogP contribution in [0.15, 0.2) is 48.5 Å². The average molecular weight is 408 g/mol. The zero-order valence-electron chi connectivity index (χ0n) is 17.5. The van der Waals surface area contributed by atoms with E-state index in [0.717, 1.165) is 37.2 Å². The van der Waals surface area contributed by atoms with E-state index in [4.69, 9.17) is 4.74 Å².